The van der Waals surface area contributed by atoms with Crippen molar-refractivity contribution >= 4 is 46.5 Å². The molecule has 0 spiro atoms. The monoisotopic (exact) mass is 678 g/mol. The standard InChI is InChI=1S/C37H44Cl2N4O4/c1-9-29(47-30-16-15-24(36(5,6)10-2)20-26(30)37(7,8)11-3)35(46)40-25-14-12-13-23(19-25)34(45)41-31-21-32(44)43(42-31)33-27(38)17-22(4)18-28(33)39/h12-21,29,42H,9-11H2,1-8H3,(H,40,46)(H,41,45). The van der Waals surface area contributed by atoms with Crippen molar-refractivity contribution in [3.8, 4) is 11.4 Å². The van der Waals surface area contributed by atoms with Crippen LogP contribution in [-0.2, 0) is 15.6 Å². The number of ether oxygens (including phenoxy) is 1. The van der Waals surface area contributed by atoms with Crippen LogP contribution in [0.25, 0.3) is 5.69 Å². The van der Waals surface area contributed by atoms with E-state index in [-0.39, 0.29) is 43.9 Å². The average Bonchev–Trinajstić information content (AvgIpc) is 3.37. The molecule has 0 fully saturated rings. The van der Waals surface area contributed by atoms with E-state index in [1.54, 1.807) is 36.4 Å². The van der Waals surface area contributed by atoms with E-state index in [2.05, 4.69) is 69.4 Å². The Bertz CT molecular complexity index is 1820. The summed E-state index contributed by atoms with van der Waals surface area (Å²) in [7, 11) is 0. The number of halogens is 2. The molecule has 1 heterocycles. The molecule has 8 nitrogen and oxygen atoms in total. The summed E-state index contributed by atoms with van der Waals surface area (Å²) in [5.74, 6) is 0.0366. The number of aromatic amines is 1. The van der Waals surface area contributed by atoms with Crippen LogP contribution in [0.2, 0.25) is 10.0 Å². The lowest BCUT2D eigenvalue weighted by Gasteiger charge is -2.31. The molecule has 1 aromatic heterocycles. The van der Waals surface area contributed by atoms with E-state index >= 15 is 0 Å². The smallest absolute Gasteiger partial charge is 0.273 e. The molecule has 4 rings (SSSR count). The summed E-state index contributed by atoms with van der Waals surface area (Å²) in [6.45, 7) is 16.9. The molecule has 0 aliphatic rings. The van der Waals surface area contributed by atoms with Crippen LogP contribution in [0.3, 0.4) is 0 Å². The first-order valence-corrected chi connectivity index (χ1v) is 16.7. The highest BCUT2D eigenvalue weighted by molar-refractivity contribution is 6.37. The Morgan fingerprint density at radius 1 is 0.894 bits per heavy atom. The molecule has 47 heavy (non-hydrogen) atoms. The maximum absolute atomic E-state index is 13.5. The zero-order valence-electron chi connectivity index (χ0n) is 28.3. The number of H-pyrrole nitrogens is 1. The van der Waals surface area contributed by atoms with Gasteiger partial charge >= 0.3 is 0 Å². The van der Waals surface area contributed by atoms with Gasteiger partial charge in [-0.15, -0.1) is 0 Å². The van der Waals surface area contributed by atoms with Gasteiger partial charge in [0.1, 0.15) is 17.3 Å². The molecular formula is C37H44Cl2N4O4. The van der Waals surface area contributed by atoms with Crippen molar-refractivity contribution in [2.45, 2.75) is 91.6 Å². The fourth-order valence-electron chi connectivity index (χ4n) is 5.14. The SMILES string of the molecule is CCC(Oc1ccc(C(C)(C)CC)cc1C(C)(C)CC)C(=O)Nc1cccc(C(=O)Nc2cc(=O)n(-c3c(Cl)cc(C)cc3Cl)[nH]2)c1. The summed E-state index contributed by atoms with van der Waals surface area (Å²) in [6.07, 6.45) is 1.59. The maximum Gasteiger partial charge on any atom is 0.273 e. The van der Waals surface area contributed by atoms with Gasteiger partial charge in [-0.25, -0.2) is 4.68 Å². The highest BCUT2D eigenvalue weighted by atomic mass is 35.5. The van der Waals surface area contributed by atoms with Crippen LogP contribution >= 0.6 is 23.2 Å². The Balaban J connectivity index is 1.51. The number of nitrogens with one attached hydrogen (secondary N) is 3. The summed E-state index contributed by atoms with van der Waals surface area (Å²) < 4.78 is 7.58. The lowest BCUT2D eigenvalue weighted by atomic mass is 9.76. The average molecular weight is 680 g/mol. The molecule has 0 saturated heterocycles. The molecule has 1 unspecified atom stereocenters. The fourth-order valence-corrected chi connectivity index (χ4v) is 5.91. The van der Waals surface area contributed by atoms with Crippen molar-refractivity contribution < 1.29 is 14.3 Å². The number of benzene rings is 3. The van der Waals surface area contributed by atoms with Gasteiger partial charge in [-0.3, -0.25) is 19.5 Å². The third-order valence-electron chi connectivity index (χ3n) is 8.94. The summed E-state index contributed by atoms with van der Waals surface area (Å²) in [4.78, 5) is 39.4. The summed E-state index contributed by atoms with van der Waals surface area (Å²) in [5.41, 5.74) is 3.55. The van der Waals surface area contributed by atoms with Crippen LogP contribution < -0.4 is 20.9 Å². The van der Waals surface area contributed by atoms with E-state index in [1.165, 1.54) is 16.3 Å². The number of hydrogen-bond acceptors (Lipinski definition) is 4. The van der Waals surface area contributed by atoms with Gasteiger partial charge in [-0.1, -0.05) is 89.9 Å². The minimum atomic E-state index is -0.755. The second-order valence-corrected chi connectivity index (χ2v) is 14.0. The van der Waals surface area contributed by atoms with Crippen molar-refractivity contribution in [2.75, 3.05) is 10.6 Å². The Morgan fingerprint density at radius 2 is 1.55 bits per heavy atom. The molecule has 4 aromatic rings. The van der Waals surface area contributed by atoms with Crippen molar-refractivity contribution in [3.63, 3.8) is 0 Å². The number of aryl methyl sites for hydroxylation is 1. The van der Waals surface area contributed by atoms with Gasteiger partial charge in [-0.05, 0) is 84.5 Å². The number of nitrogens with zero attached hydrogens (tertiary/aromatic N) is 1. The fraction of sp³-hybridized carbons (Fsp3) is 0.378. The van der Waals surface area contributed by atoms with Crippen LogP contribution in [0, 0.1) is 6.92 Å². The van der Waals surface area contributed by atoms with Gasteiger partial charge in [0.15, 0.2) is 6.10 Å². The molecule has 0 bridgehead atoms. The number of rotatable bonds is 12. The van der Waals surface area contributed by atoms with Crippen LogP contribution in [0.1, 0.15) is 94.8 Å². The molecule has 3 N–H and O–H groups in total. The first kappa shape index (κ1) is 35.8. The Labute approximate surface area is 286 Å². The summed E-state index contributed by atoms with van der Waals surface area (Å²) >= 11 is 12.7. The maximum atomic E-state index is 13.5. The minimum absolute atomic E-state index is 0.0117. The highest BCUT2D eigenvalue weighted by Crippen LogP contribution is 2.39. The Hall–Kier alpha value is -4.01. The molecule has 0 aliphatic heterocycles. The Morgan fingerprint density at radius 3 is 2.17 bits per heavy atom. The number of hydrogen-bond donors (Lipinski definition) is 3. The molecule has 0 saturated carbocycles. The van der Waals surface area contributed by atoms with Crippen LogP contribution in [0.15, 0.2) is 65.5 Å². The second-order valence-electron chi connectivity index (χ2n) is 13.1. The highest BCUT2D eigenvalue weighted by Gasteiger charge is 2.29. The first-order chi connectivity index (χ1) is 22.1. The number of anilines is 2. The molecule has 2 amide bonds. The third-order valence-corrected chi connectivity index (χ3v) is 9.51. The van der Waals surface area contributed by atoms with Crippen LogP contribution in [0.4, 0.5) is 11.5 Å². The summed E-state index contributed by atoms with van der Waals surface area (Å²) in [6, 6.07) is 17.5. The van der Waals surface area contributed by atoms with Gasteiger partial charge in [0.2, 0.25) is 0 Å². The lowest BCUT2D eigenvalue weighted by molar-refractivity contribution is -0.122. The molecule has 3 aromatic carbocycles. The topological polar surface area (TPSA) is 105 Å². The molecule has 1 atom stereocenters. The van der Waals surface area contributed by atoms with E-state index in [9.17, 15) is 14.4 Å². The summed E-state index contributed by atoms with van der Waals surface area (Å²) in [5, 5.41) is 9.02. The van der Waals surface area contributed by atoms with E-state index in [1.807, 2.05) is 19.9 Å². The predicted octanol–water partition coefficient (Wildman–Crippen LogP) is 9.20. The molecule has 0 radical (unpaired) electrons. The number of amides is 2. The first-order valence-electron chi connectivity index (χ1n) is 15.9. The number of aromatic nitrogens is 2. The van der Waals surface area contributed by atoms with E-state index in [4.69, 9.17) is 27.9 Å². The van der Waals surface area contributed by atoms with Gasteiger partial charge in [0, 0.05) is 22.9 Å². The van der Waals surface area contributed by atoms with E-state index in [0.29, 0.717) is 17.9 Å². The minimum Gasteiger partial charge on any atom is -0.480 e. The normalized spacial score (nSPS) is 12.5. The Kier molecular flexibility index (Phi) is 11.0. The van der Waals surface area contributed by atoms with Gasteiger partial charge in [0.05, 0.1) is 10.0 Å². The number of carbonyl (C=O) groups excluding carboxylic acids is 2. The van der Waals surface area contributed by atoms with Crippen LogP contribution in [0.5, 0.6) is 5.75 Å². The molecular weight excluding hydrogens is 635 g/mol. The molecule has 10 heteroatoms. The number of carbonyl (C=O) groups is 2. The van der Waals surface area contributed by atoms with Gasteiger partial charge in [-0.2, -0.15) is 0 Å². The quantitative estimate of drug-likeness (QED) is 0.139. The van der Waals surface area contributed by atoms with Crippen molar-refractivity contribution in [3.05, 3.63) is 103 Å². The molecule has 250 valence electrons. The largest absolute Gasteiger partial charge is 0.480 e. The van der Waals surface area contributed by atoms with Crippen molar-refractivity contribution in [1.82, 2.24) is 9.78 Å². The molecule has 0 aliphatic carbocycles. The second kappa shape index (κ2) is 14.4. The van der Waals surface area contributed by atoms with Crippen molar-refractivity contribution in [1.29, 1.82) is 0 Å². The zero-order valence-corrected chi connectivity index (χ0v) is 29.8. The van der Waals surface area contributed by atoms with Gasteiger partial charge in [0.25, 0.3) is 17.4 Å². The lowest BCUT2D eigenvalue weighted by Crippen LogP contribution is -2.33. The third kappa shape index (κ3) is 8.11. The van der Waals surface area contributed by atoms with Gasteiger partial charge < -0.3 is 15.4 Å². The van der Waals surface area contributed by atoms with E-state index in [0.717, 1.165) is 24.0 Å². The predicted molar refractivity (Wildman–Crippen MR) is 192 cm³/mol. The van der Waals surface area contributed by atoms with Crippen molar-refractivity contribution in [2.24, 2.45) is 0 Å². The van der Waals surface area contributed by atoms with Crippen LogP contribution in [-0.4, -0.2) is 27.7 Å². The van der Waals surface area contributed by atoms with E-state index < -0.39 is 17.6 Å². The zero-order chi connectivity index (χ0) is 34.7.